The van der Waals surface area contributed by atoms with Crippen LogP contribution in [0.2, 0.25) is 0 Å². The second-order valence-corrected chi connectivity index (χ2v) is 3.89. The number of hydrogen-bond acceptors (Lipinski definition) is 3. The predicted octanol–water partition coefficient (Wildman–Crippen LogP) is 1.62. The molecule has 1 N–H and O–H groups in total. The standard InChI is InChI=1S/C13H14O3/c1-9(10-5-3-2-4-6-10)12-11(14)7-8-16-13(12)15/h2-6,11-12,14H,1,7-8H2. The van der Waals surface area contributed by atoms with Gasteiger partial charge >= 0.3 is 5.97 Å². The molecule has 1 aromatic carbocycles. The van der Waals surface area contributed by atoms with E-state index in [1.165, 1.54) is 0 Å². The normalized spacial score (nSPS) is 24.9. The first-order valence-electron chi connectivity index (χ1n) is 5.29. The Balaban J connectivity index is 2.23. The molecule has 3 nitrogen and oxygen atoms in total. The molecule has 0 bridgehead atoms. The molecule has 84 valence electrons. The number of carbonyl (C=O) groups excluding carboxylic acids is 1. The fourth-order valence-corrected chi connectivity index (χ4v) is 1.90. The molecule has 1 heterocycles. The van der Waals surface area contributed by atoms with Crippen molar-refractivity contribution in [2.45, 2.75) is 12.5 Å². The Morgan fingerprint density at radius 1 is 1.38 bits per heavy atom. The highest BCUT2D eigenvalue weighted by Gasteiger charge is 2.34. The van der Waals surface area contributed by atoms with Crippen molar-refractivity contribution < 1.29 is 14.6 Å². The molecule has 0 aromatic heterocycles. The Labute approximate surface area is 94.4 Å². The summed E-state index contributed by atoms with van der Waals surface area (Å²) in [5.74, 6) is -1.01. The van der Waals surface area contributed by atoms with Crippen molar-refractivity contribution in [3.8, 4) is 0 Å². The van der Waals surface area contributed by atoms with Gasteiger partial charge in [0.05, 0.1) is 12.7 Å². The average Bonchev–Trinajstić information content (AvgIpc) is 2.30. The van der Waals surface area contributed by atoms with Gasteiger partial charge in [0.1, 0.15) is 5.92 Å². The lowest BCUT2D eigenvalue weighted by Crippen LogP contribution is -2.36. The highest BCUT2D eigenvalue weighted by atomic mass is 16.5. The zero-order valence-corrected chi connectivity index (χ0v) is 8.93. The maximum absolute atomic E-state index is 11.6. The summed E-state index contributed by atoms with van der Waals surface area (Å²) in [5.41, 5.74) is 1.49. The molecule has 1 aromatic rings. The van der Waals surface area contributed by atoms with Gasteiger partial charge in [-0.2, -0.15) is 0 Å². The SMILES string of the molecule is C=C(c1ccccc1)C1C(=O)OCCC1O. The zero-order valence-electron chi connectivity index (χ0n) is 8.93. The van der Waals surface area contributed by atoms with E-state index < -0.39 is 12.0 Å². The summed E-state index contributed by atoms with van der Waals surface area (Å²) in [7, 11) is 0. The van der Waals surface area contributed by atoms with Crippen LogP contribution in [0.25, 0.3) is 5.57 Å². The summed E-state index contributed by atoms with van der Waals surface area (Å²) in [4.78, 5) is 11.6. The fourth-order valence-electron chi connectivity index (χ4n) is 1.90. The fraction of sp³-hybridized carbons (Fsp3) is 0.308. The molecule has 1 aliphatic heterocycles. The van der Waals surface area contributed by atoms with Crippen LogP contribution in [0.4, 0.5) is 0 Å². The van der Waals surface area contributed by atoms with E-state index >= 15 is 0 Å². The van der Waals surface area contributed by atoms with Crippen molar-refractivity contribution in [3.05, 3.63) is 42.5 Å². The van der Waals surface area contributed by atoms with Crippen molar-refractivity contribution in [3.63, 3.8) is 0 Å². The van der Waals surface area contributed by atoms with E-state index in [1.54, 1.807) is 0 Å². The molecule has 0 saturated carbocycles. The largest absolute Gasteiger partial charge is 0.465 e. The van der Waals surface area contributed by atoms with E-state index in [4.69, 9.17) is 4.74 Å². The van der Waals surface area contributed by atoms with Gasteiger partial charge in [-0.15, -0.1) is 0 Å². The lowest BCUT2D eigenvalue weighted by atomic mass is 9.87. The van der Waals surface area contributed by atoms with E-state index in [9.17, 15) is 9.90 Å². The highest BCUT2D eigenvalue weighted by Crippen LogP contribution is 2.29. The summed E-state index contributed by atoms with van der Waals surface area (Å²) in [6.07, 6.45) is -0.212. The number of ether oxygens (including phenoxy) is 1. The van der Waals surface area contributed by atoms with Crippen molar-refractivity contribution >= 4 is 11.5 Å². The Bertz CT molecular complexity index is 397. The number of cyclic esters (lactones) is 1. The minimum Gasteiger partial charge on any atom is -0.465 e. The van der Waals surface area contributed by atoms with E-state index in [-0.39, 0.29) is 5.97 Å². The first-order valence-corrected chi connectivity index (χ1v) is 5.29. The van der Waals surface area contributed by atoms with Gasteiger partial charge in [-0.05, 0) is 11.1 Å². The number of esters is 1. The van der Waals surface area contributed by atoms with E-state index in [0.717, 1.165) is 5.56 Å². The number of hydrogen-bond donors (Lipinski definition) is 1. The third kappa shape index (κ3) is 1.99. The number of aliphatic hydroxyl groups excluding tert-OH is 1. The molecule has 2 rings (SSSR count). The molecule has 1 aliphatic rings. The Morgan fingerprint density at radius 2 is 2.06 bits per heavy atom. The zero-order chi connectivity index (χ0) is 11.5. The van der Waals surface area contributed by atoms with Gasteiger partial charge in [-0.1, -0.05) is 36.9 Å². The quantitative estimate of drug-likeness (QED) is 0.767. The van der Waals surface area contributed by atoms with Crippen LogP contribution >= 0.6 is 0 Å². The molecule has 0 radical (unpaired) electrons. The van der Waals surface area contributed by atoms with Crippen LogP contribution in [0.5, 0.6) is 0 Å². The molecule has 0 spiro atoms. The summed E-state index contributed by atoms with van der Waals surface area (Å²) < 4.78 is 4.94. The third-order valence-corrected chi connectivity index (χ3v) is 2.82. The van der Waals surface area contributed by atoms with Gasteiger partial charge in [-0.25, -0.2) is 0 Å². The second kappa shape index (κ2) is 4.49. The summed E-state index contributed by atoms with van der Waals surface area (Å²) in [6.45, 7) is 4.18. The monoisotopic (exact) mass is 218 g/mol. The predicted molar refractivity (Wildman–Crippen MR) is 60.5 cm³/mol. The number of aliphatic hydroxyl groups is 1. The van der Waals surface area contributed by atoms with Crippen LogP contribution in [-0.2, 0) is 9.53 Å². The number of benzene rings is 1. The van der Waals surface area contributed by atoms with Gasteiger partial charge in [0.15, 0.2) is 0 Å². The van der Waals surface area contributed by atoms with E-state index in [1.807, 2.05) is 30.3 Å². The summed E-state index contributed by atoms with van der Waals surface area (Å²) >= 11 is 0. The van der Waals surface area contributed by atoms with Gasteiger partial charge in [0.25, 0.3) is 0 Å². The van der Waals surface area contributed by atoms with Crippen LogP contribution in [0.3, 0.4) is 0 Å². The first kappa shape index (κ1) is 10.9. The molecule has 1 saturated heterocycles. The molecule has 2 unspecified atom stereocenters. The van der Waals surface area contributed by atoms with Crippen LogP contribution in [0.1, 0.15) is 12.0 Å². The first-order chi connectivity index (χ1) is 7.70. The van der Waals surface area contributed by atoms with Crippen LogP contribution in [0.15, 0.2) is 36.9 Å². The van der Waals surface area contributed by atoms with Crippen molar-refractivity contribution in [2.75, 3.05) is 6.61 Å². The van der Waals surface area contributed by atoms with Gasteiger partial charge < -0.3 is 9.84 Å². The Morgan fingerprint density at radius 3 is 2.69 bits per heavy atom. The van der Waals surface area contributed by atoms with Crippen LogP contribution in [0, 0.1) is 5.92 Å². The minimum absolute atomic E-state index is 0.290. The van der Waals surface area contributed by atoms with Crippen molar-refractivity contribution in [1.29, 1.82) is 0 Å². The molecule has 1 fully saturated rings. The van der Waals surface area contributed by atoms with E-state index in [0.29, 0.717) is 18.6 Å². The maximum atomic E-state index is 11.6. The lowest BCUT2D eigenvalue weighted by molar-refractivity contribution is -0.156. The molecule has 2 atom stereocenters. The Kier molecular flexibility index (Phi) is 3.06. The molecule has 0 aliphatic carbocycles. The minimum atomic E-state index is -0.686. The molecular weight excluding hydrogens is 204 g/mol. The average molecular weight is 218 g/mol. The summed E-state index contributed by atoms with van der Waals surface area (Å²) in [5, 5.41) is 9.81. The lowest BCUT2D eigenvalue weighted by Gasteiger charge is -2.27. The van der Waals surface area contributed by atoms with Crippen molar-refractivity contribution in [2.24, 2.45) is 5.92 Å². The van der Waals surface area contributed by atoms with Crippen LogP contribution < -0.4 is 0 Å². The smallest absolute Gasteiger partial charge is 0.316 e. The number of rotatable bonds is 2. The number of carbonyl (C=O) groups is 1. The Hall–Kier alpha value is -1.61. The highest BCUT2D eigenvalue weighted by molar-refractivity contribution is 5.88. The summed E-state index contributed by atoms with van der Waals surface area (Å²) in [6, 6.07) is 9.39. The topological polar surface area (TPSA) is 46.5 Å². The third-order valence-electron chi connectivity index (χ3n) is 2.82. The second-order valence-electron chi connectivity index (χ2n) is 3.89. The molecular formula is C13H14O3. The van der Waals surface area contributed by atoms with Gasteiger partial charge in [0.2, 0.25) is 0 Å². The molecule has 3 heteroatoms. The maximum Gasteiger partial charge on any atom is 0.316 e. The molecule has 0 amide bonds. The molecule has 16 heavy (non-hydrogen) atoms. The van der Waals surface area contributed by atoms with E-state index in [2.05, 4.69) is 6.58 Å². The van der Waals surface area contributed by atoms with Gasteiger partial charge in [-0.3, -0.25) is 4.79 Å². The van der Waals surface area contributed by atoms with Crippen LogP contribution in [-0.4, -0.2) is 23.8 Å². The van der Waals surface area contributed by atoms with Crippen molar-refractivity contribution in [1.82, 2.24) is 0 Å². The van der Waals surface area contributed by atoms with Gasteiger partial charge in [0, 0.05) is 6.42 Å².